The van der Waals surface area contributed by atoms with Gasteiger partial charge in [0.15, 0.2) is 5.11 Å². The summed E-state index contributed by atoms with van der Waals surface area (Å²) in [6.07, 6.45) is -0.177. The smallest absolute Gasteiger partial charge is 0.269 e. The van der Waals surface area contributed by atoms with Crippen molar-refractivity contribution in [3.05, 3.63) is 60.2 Å². The maximum Gasteiger partial charge on any atom is 0.269 e. The first-order valence-electron chi connectivity index (χ1n) is 9.97. The monoisotopic (exact) mass is 440 g/mol. The first-order valence-corrected chi connectivity index (χ1v) is 10.4. The van der Waals surface area contributed by atoms with E-state index in [1.54, 1.807) is 61.5 Å². The van der Waals surface area contributed by atoms with Crippen LogP contribution >= 0.6 is 12.2 Å². The molecule has 0 aliphatic carbocycles. The van der Waals surface area contributed by atoms with Crippen molar-refractivity contribution in [2.24, 2.45) is 0 Å². The van der Waals surface area contributed by atoms with Crippen molar-refractivity contribution in [3.8, 4) is 5.75 Å². The van der Waals surface area contributed by atoms with E-state index in [0.717, 1.165) is 0 Å². The summed E-state index contributed by atoms with van der Waals surface area (Å²) in [6.45, 7) is 4.50. The molecule has 1 atom stereocenters. The molecule has 0 bridgehead atoms. The Labute approximate surface area is 186 Å². The van der Waals surface area contributed by atoms with Crippen LogP contribution in [0, 0.1) is 0 Å². The average molecular weight is 441 g/mol. The molecule has 1 saturated heterocycles. The summed E-state index contributed by atoms with van der Waals surface area (Å²) in [6, 6.07) is 14.6. The third-order valence-corrected chi connectivity index (χ3v) is 5.10. The SMILES string of the molecule is CCOc1cccc(NC(=O)C[C@@H]2C(=O)N(CC)C(=S)N2NC(=O)c2ccccc2)c1. The maximum atomic E-state index is 12.8. The zero-order valence-electron chi connectivity index (χ0n) is 17.3. The first kappa shape index (κ1) is 22.2. The fourth-order valence-electron chi connectivity index (χ4n) is 3.22. The van der Waals surface area contributed by atoms with E-state index < -0.39 is 11.9 Å². The number of hydrazine groups is 1. The summed E-state index contributed by atoms with van der Waals surface area (Å²) in [5.41, 5.74) is 3.65. The fourth-order valence-corrected chi connectivity index (χ4v) is 3.62. The van der Waals surface area contributed by atoms with Gasteiger partial charge in [-0.3, -0.25) is 24.7 Å². The second-order valence-electron chi connectivity index (χ2n) is 6.77. The Morgan fingerprint density at radius 2 is 1.84 bits per heavy atom. The molecule has 0 unspecified atom stereocenters. The number of rotatable bonds is 8. The zero-order chi connectivity index (χ0) is 22.4. The third kappa shape index (κ3) is 5.18. The van der Waals surface area contributed by atoms with Gasteiger partial charge < -0.3 is 10.1 Å². The molecule has 2 aromatic rings. The normalized spacial score (nSPS) is 15.7. The second-order valence-corrected chi connectivity index (χ2v) is 7.14. The first-order chi connectivity index (χ1) is 14.9. The number of carbonyl (C=O) groups excluding carboxylic acids is 3. The quantitative estimate of drug-likeness (QED) is 0.613. The van der Waals surface area contributed by atoms with Gasteiger partial charge in [0.2, 0.25) is 5.91 Å². The molecular formula is C22H24N4O4S. The zero-order valence-corrected chi connectivity index (χ0v) is 18.1. The highest BCUT2D eigenvalue weighted by Crippen LogP contribution is 2.21. The molecule has 1 fully saturated rings. The molecule has 1 aliphatic heterocycles. The van der Waals surface area contributed by atoms with E-state index in [9.17, 15) is 14.4 Å². The molecule has 8 nitrogen and oxygen atoms in total. The molecular weight excluding hydrogens is 416 g/mol. The molecule has 2 aromatic carbocycles. The number of hydrogen-bond acceptors (Lipinski definition) is 5. The number of hydrogen-bond donors (Lipinski definition) is 2. The summed E-state index contributed by atoms with van der Waals surface area (Å²) in [5.74, 6) is -0.498. The van der Waals surface area contributed by atoms with E-state index in [0.29, 0.717) is 30.2 Å². The lowest BCUT2D eigenvalue weighted by molar-refractivity contribution is -0.130. The second kappa shape index (κ2) is 10.0. The van der Waals surface area contributed by atoms with Crippen molar-refractivity contribution in [2.75, 3.05) is 18.5 Å². The Bertz CT molecular complexity index is 982. The highest BCUT2D eigenvalue weighted by Gasteiger charge is 2.43. The Kier molecular flexibility index (Phi) is 7.19. The number of benzene rings is 2. The average Bonchev–Trinajstić information content (AvgIpc) is 2.98. The summed E-state index contributed by atoms with van der Waals surface area (Å²) in [4.78, 5) is 39.5. The van der Waals surface area contributed by atoms with Crippen LogP contribution in [0.5, 0.6) is 5.75 Å². The minimum atomic E-state index is -0.935. The van der Waals surface area contributed by atoms with Gasteiger partial charge in [0.1, 0.15) is 11.8 Å². The standard InChI is InChI=1S/C22H24N4O4S/c1-3-25-21(29)18(14-19(27)23-16-11-8-12-17(13-16)30-4-2)26(22(25)31)24-20(28)15-9-6-5-7-10-15/h5-13,18H,3-4,14H2,1-2H3,(H,23,27)(H,24,28)/t18-/m1/s1. The number of ether oxygens (including phenoxy) is 1. The molecule has 3 amide bonds. The largest absolute Gasteiger partial charge is 0.494 e. The van der Waals surface area contributed by atoms with E-state index in [-0.39, 0.29) is 23.3 Å². The molecule has 1 aliphatic rings. The molecule has 31 heavy (non-hydrogen) atoms. The van der Waals surface area contributed by atoms with Gasteiger partial charge in [0.25, 0.3) is 11.8 Å². The van der Waals surface area contributed by atoms with Crippen LogP contribution in [0.2, 0.25) is 0 Å². The molecule has 1 heterocycles. The predicted octanol–water partition coefficient (Wildman–Crippen LogP) is 2.58. The fraction of sp³-hybridized carbons (Fsp3) is 0.273. The number of nitrogens with zero attached hydrogens (tertiary/aromatic N) is 2. The summed E-state index contributed by atoms with van der Waals surface area (Å²) >= 11 is 5.38. The minimum absolute atomic E-state index is 0.160. The van der Waals surface area contributed by atoms with E-state index in [2.05, 4.69) is 10.7 Å². The van der Waals surface area contributed by atoms with Gasteiger partial charge in [-0.1, -0.05) is 24.3 Å². The molecule has 0 aromatic heterocycles. The van der Waals surface area contributed by atoms with Gasteiger partial charge in [-0.2, -0.15) is 0 Å². The van der Waals surface area contributed by atoms with Crippen molar-refractivity contribution >= 4 is 40.7 Å². The molecule has 0 spiro atoms. The van der Waals surface area contributed by atoms with Crippen molar-refractivity contribution < 1.29 is 19.1 Å². The molecule has 2 N–H and O–H groups in total. The van der Waals surface area contributed by atoms with Gasteiger partial charge in [-0.15, -0.1) is 0 Å². The Morgan fingerprint density at radius 3 is 2.52 bits per heavy atom. The lowest BCUT2D eigenvalue weighted by Crippen LogP contribution is -2.49. The molecule has 3 rings (SSSR count). The maximum absolute atomic E-state index is 12.8. The van der Waals surface area contributed by atoms with E-state index in [1.165, 1.54) is 9.91 Å². The van der Waals surface area contributed by atoms with Crippen LogP contribution in [0.4, 0.5) is 5.69 Å². The number of anilines is 1. The van der Waals surface area contributed by atoms with Gasteiger partial charge in [0, 0.05) is 23.9 Å². The number of amides is 3. The minimum Gasteiger partial charge on any atom is -0.494 e. The van der Waals surface area contributed by atoms with Gasteiger partial charge in [-0.25, -0.2) is 5.01 Å². The van der Waals surface area contributed by atoms with Crippen LogP contribution in [-0.2, 0) is 9.59 Å². The Morgan fingerprint density at radius 1 is 1.10 bits per heavy atom. The van der Waals surface area contributed by atoms with Gasteiger partial charge in [0.05, 0.1) is 13.0 Å². The van der Waals surface area contributed by atoms with E-state index in [4.69, 9.17) is 17.0 Å². The topological polar surface area (TPSA) is 91.0 Å². The van der Waals surface area contributed by atoms with Crippen molar-refractivity contribution in [1.29, 1.82) is 0 Å². The molecule has 162 valence electrons. The Balaban J connectivity index is 1.74. The summed E-state index contributed by atoms with van der Waals surface area (Å²) in [5, 5.41) is 4.23. The van der Waals surface area contributed by atoms with Gasteiger partial charge >= 0.3 is 0 Å². The summed E-state index contributed by atoms with van der Waals surface area (Å²) in [7, 11) is 0. The molecule has 0 saturated carbocycles. The number of thiocarbonyl (C=S) groups is 1. The van der Waals surface area contributed by atoms with Gasteiger partial charge in [-0.05, 0) is 50.3 Å². The van der Waals surface area contributed by atoms with Crippen LogP contribution in [0.25, 0.3) is 0 Å². The van der Waals surface area contributed by atoms with Crippen LogP contribution in [-0.4, -0.2) is 51.9 Å². The van der Waals surface area contributed by atoms with E-state index in [1.807, 2.05) is 6.92 Å². The predicted molar refractivity (Wildman–Crippen MR) is 120 cm³/mol. The van der Waals surface area contributed by atoms with Crippen LogP contribution in [0.1, 0.15) is 30.6 Å². The van der Waals surface area contributed by atoms with Crippen LogP contribution in [0.15, 0.2) is 54.6 Å². The van der Waals surface area contributed by atoms with Crippen LogP contribution < -0.4 is 15.5 Å². The highest BCUT2D eigenvalue weighted by atomic mass is 32.1. The van der Waals surface area contributed by atoms with Crippen LogP contribution in [0.3, 0.4) is 0 Å². The molecule has 0 radical (unpaired) electrons. The van der Waals surface area contributed by atoms with Crippen molar-refractivity contribution in [1.82, 2.24) is 15.3 Å². The van der Waals surface area contributed by atoms with Crippen molar-refractivity contribution in [2.45, 2.75) is 26.3 Å². The third-order valence-electron chi connectivity index (χ3n) is 4.68. The highest BCUT2D eigenvalue weighted by molar-refractivity contribution is 7.80. The lowest BCUT2D eigenvalue weighted by Gasteiger charge is -2.24. The Hall–Kier alpha value is -3.46. The number of likely N-dealkylation sites (N-methyl/N-ethyl adjacent to an activating group) is 1. The molecule has 9 heteroatoms. The number of nitrogens with one attached hydrogen (secondary N) is 2. The summed E-state index contributed by atoms with van der Waals surface area (Å²) < 4.78 is 5.44. The van der Waals surface area contributed by atoms with E-state index >= 15 is 0 Å². The number of carbonyl (C=O) groups is 3. The van der Waals surface area contributed by atoms with Crippen molar-refractivity contribution in [3.63, 3.8) is 0 Å². The lowest BCUT2D eigenvalue weighted by atomic mass is 10.1.